The second-order valence-corrected chi connectivity index (χ2v) is 8.45. The van der Waals surface area contributed by atoms with Crippen LogP contribution in [0.15, 0.2) is 74.3 Å². The van der Waals surface area contributed by atoms with Crippen molar-refractivity contribution in [2.75, 3.05) is 0 Å². The van der Waals surface area contributed by atoms with E-state index in [0.717, 1.165) is 21.8 Å². The van der Waals surface area contributed by atoms with Crippen LogP contribution in [0.5, 0.6) is 0 Å². The number of rotatable bonds is 2. The van der Waals surface area contributed by atoms with Crippen LogP contribution < -0.4 is 10.6 Å². The van der Waals surface area contributed by atoms with Gasteiger partial charge in [-0.15, -0.1) is 0 Å². The zero-order chi connectivity index (χ0) is 17.4. The Hall–Kier alpha value is -1.43. The van der Waals surface area contributed by atoms with Crippen LogP contribution >= 0.6 is 44.1 Å². The Kier molecular flexibility index (Phi) is 4.80. The molecule has 2 aromatic rings. The molecule has 0 radical (unpaired) electrons. The van der Waals surface area contributed by atoms with Gasteiger partial charge in [0.1, 0.15) is 0 Å². The minimum absolute atomic E-state index is 0.134. The smallest absolute Gasteiger partial charge is 0.171 e. The fourth-order valence-corrected chi connectivity index (χ4v) is 4.51. The first kappa shape index (κ1) is 17.0. The number of benzene rings is 2. The van der Waals surface area contributed by atoms with E-state index >= 15 is 0 Å². The normalized spacial score (nSPS) is 21.1. The Morgan fingerprint density at radius 3 is 2.52 bits per heavy atom. The molecule has 0 amide bonds. The summed E-state index contributed by atoms with van der Waals surface area (Å²) in [5.74, 6) is 0. The molecule has 2 N–H and O–H groups in total. The standard InChI is InChI=1S/C20H16Br2N2S/c21-15-5-1-3-12(10-15)9-14-7-8-17-18(23-20(25)24-19(14)17)13-4-2-6-16(22)11-13/h1-6,9-11,18H,7-8H2,(H2,23,24,25)/b14-9-. The predicted octanol–water partition coefficient (Wildman–Crippen LogP) is 5.86. The van der Waals surface area contributed by atoms with Crippen molar-refractivity contribution in [3.8, 4) is 0 Å². The molecule has 2 aromatic carbocycles. The number of halogens is 2. The highest BCUT2D eigenvalue weighted by Crippen LogP contribution is 2.40. The van der Waals surface area contributed by atoms with Crippen LogP contribution in [0, 0.1) is 0 Å². The molecular formula is C20H16Br2N2S. The van der Waals surface area contributed by atoms with Gasteiger partial charge in [-0.3, -0.25) is 0 Å². The molecule has 2 nitrogen and oxygen atoms in total. The van der Waals surface area contributed by atoms with Gasteiger partial charge < -0.3 is 10.6 Å². The second kappa shape index (κ2) is 7.06. The Balaban J connectivity index is 1.74. The molecule has 5 heteroatoms. The van der Waals surface area contributed by atoms with E-state index < -0.39 is 0 Å². The predicted molar refractivity (Wildman–Crippen MR) is 114 cm³/mol. The summed E-state index contributed by atoms with van der Waals surface area (Å²) in [6.07, 6.45) is 4.32. The number of hydrogen-bond acceptors (Lipinski definition) is 1. The lowest BCUT2D eigenvalue weighted by Gasteiger charge is -2.29. The number of allylic oxidation sites excluding steroid dienone is 1. The maximum Gasteiger partial charge on any atom is 0.171 e. The van der Waals surface area contributed by atoms with Crippen molar-refractivity contribution in [2.24, 2.45) is 0 Å². The molecule has 126 valence electrons. The van der Waals surface area contributed by atoms with Crippen molar-refractivity contribution < 1.29 is 0 Å². The Labute approximate surface area is 169 Å². The van der Waals surface area contributed by atoms with E-state index in [2.05, 4.69) is 85.0 Å². The molecule has 0 saturated heterocycles. The number of thiocarbonyl (C=S) groups is 1. The van der Waals surface area contributed by atoms with Crippen molar-refractivity contribution in [3.63, 3.8) is 0 Å². The average Bonchev–Trinajstić information content (AvgIpc) is 2.97. The second-order valence-electron chi connectivity index (χ2n) is 6.21. The molecule has 2 aliphatic rings. The third-order valence-corrected chi connectivity index (χ3v) is 5.75. The van der Waals surface area contributed by atoms with Crippen molar-refractivity contribution in [1.29, 1.82) is 0 Å². The van der Waals surface area contributed by atoms with Gasteiger partial charge in [0.2, 0.25) is 0 Å². The molecule has 4 rings (SSSR count). The molecule has 1 atom stereocenters. The molecule has 0 spiro atoms. The van der Waals surface area contributed by atoms with E-state index in [1.54, 1.807) is 0 Å². The van der Waals surface area contributed by atoms with Crippen molar-refractivity contribution in [3.05, 3.63) is 85.4 Å². The summed E-state index contributed by atoms with van der Waals surface area (Å²) in [6.45, 7) is 0. The van der Waals surface area contributed by atoms with Crippen molar-refractivity contribution >= 4 is 55.3 Å². The first-order valence-corrected chi connectivity index (χ1v) is 10.1. The molecule has 1 aliphatic heterocycles. The minimum atomic E-state index is 0.134. The summed E-state index contributed by atoms with van der Waals surface area (Å²) in [6, 6.07) is 16.9. The van der Waals surface area contributed by atoms with Crippen LogP contribution in [0.1, 0.15) is 30.0 Å². The highest BCUT2D eigenvalue weighted by atomic mass is 79.9. The maximum absolute atomic E-state index is 5.48. The van der Waals surface area contributed by atoms with E-state index in [1.165, 1.54) is 28.0 Å². The zero-order valence-electron chi connectivity index (χ0n) is 13.4. The Morgan fingerprint density at radius 2 is 1.76 bits per heavy atom. The van der Waals surface area contributed by atoms with Gasteiger partial charge in [0.25, 0.3) is 0 Å². The van der Waals surface area contributed by atoms with Crippen LogP contribution in [0.3, 0.4) is 0 Å². The third kappa shape index (κ3) is 3.59. The van der Waals surface area contributed by atoms with Crippen LogP contribution in [0.4, 0.5) is 0 Å². The van der Waals surface area contributed by atoms with Crippen LogP contribution in [0.2, 0.25) is 0 Å². The fourth-order valence-electron chi connectivity index (χ4n) is 3.46. The Bertz CT molecular complexity index is 917. The molecular weight excluding hydrogens is 460 g/mol. The first-order chi connectivity index (χ1) is 12.1. The van der Waals surface area contributed by atoms with Gasteiger partial charge in [-0.2, -0.15) is 0 Å². The van der Waals surface area contributed by atoms with Crippen LogP contribution in [-0.2, 0) is 0 Å². The summed E-state index contributed by atoms with van der Waals surface area (Å²) in [5, 5.41) is 7.50. The SMILES string of the molecule is S=C1NC2=C(CC/C2=C/c2cccc(Br)c2)C(c2cccc(Br)c2)N1. The highest BCUT2D eigenvalue weighted by molar-refractivity contribution is 9.10. The highest BCUT2D eigenvalue weighted by Gasteiger charge is 2.32. The van der Waals surface area contributed by atoms with E-state index in [9.17, 15) is 0 Å². The number of hydrogen-bond donors (Lipinski definition) is 2. The lowest BCUT2D eigenvalue weighted by atomic mass is 9.96. The van der Waals surface area contributed by atoms with Crippen LogP contribution in [-0.4, -0.2) is 5.11 Å². The molecule has 1 heterocycles. The van der Waals surface area contributed by atoms with E-state index in [4.69, 9.17) is 12.2 Å². The minimum Gasteiger partial charge on any atom is -0.352 e. The van der Waals surface area contributed by atoms with E-state index in [-0.39, 0.29) is 6.04 Å². The summed E-state index contributed by atoms with van der Waals surface area (Å²) in [5.41, 5.74) is 6.32. The molecule has 0 saturated carbocycles. The summed E-state index contributed by atoms with van der Waals surface area (Å²) in [7, 11) is 0. The summed E-state index contributed by atoms with van der Waals surface area (Å²) < 4.78 is 2.18. The Morgan fingerprint density at radius 1 is 1.00 bits per heavy atom. The quantitative estimate of drug-likeness (QED) is 0.531. The first-order valence-electron chi connectivity index (χ1n) is 8.13. The van der Waals surface area contributed by atoms with Gasteiger partial charge in [0, 0.05) is 14.6 Å². The largest absolute Gasteiger partial charge is 0.352 e. The topological polar surface area (TPSA) is 24.1 Å². The van der Waals surface area contributed by atoms with Gasteiger partial charge in [0.15, 0.2) is 5.11 Å². The van der Waals surface area contributed by atoms with E-state index in [1.807, 2.05) is 12.1 Å². The van der Waals surface area contributed by atoms with Gasteiger partial charge >= 0.3 is 0 Å². The van der Waals surface area contributed by atoms with Gasteiger partial charge in [-0.05, 0) is 77.7 Å². The van der Waals surface area contributed by atoms with Gasteiger partial charge in [-0.1, -0.05) is 56.1 Å². The molecule has 0 bridgehead atoms. The zero-order valence-corrected chi connectivity index (χ0v) is 17.3. The lowest BCUT2D eigenvalue weighted by molar-refractivity contribution is 0.683. The van der Waals surface area contributed by atoms with Gasteiger partial charge in [-0.25, -0.2) is 0 Å². The van der Waals surface area contributed by atoms with Crippen LogP contribution in [0.25, 0.3) is 6.08 Å². The van der Waals surface area contributed by atoms with Gasteiger partial charge in [0.05, 0.1) is 6.04 Å². The lowest BCUT2D eigenvalue weighted by Crippen LogP contribution is -2.42. The molecule has 1 unspecified atom stereocenters. The molecule has 1 aliphatic carbocycles. The molecule has 0 aromatic heterocycles. The van der Waals surface area contributed by atoms with Crippen molar-refractivity contribution in [1.82, 2.24) is 10.6 Å². The third-order valence-electron chi connectivity index (χ3n) is 4.54. The molecule has 0 fully saturated rings. The fraction of sp³-hybridized carbons (Fsp3) is 0.150. The van der Waals surface area contributed by atoms with E-state index in [0.29, 0.717) is 5.11 Å². The molecule has 25 heavy (non-hydrogen) atoms. The average molecular weight is 476 g/mol. The monoisotopic (exact) mass is 474 g/mol. The summed E-state index contributed by atoms with van der Waals surface area (Å²) in [4.78, 5) is 0. The number of nitrogens with one attached hydrogen (secondary N) is 2. The van der Waals surface area contributed by atoms with Crippen molar-refractivity contribution in [2.45, 2.75) is 18.9 Å². The maximum atomic E-state index is 5.48. The summed E-state index contributed by atoms with van der Waals surface area (Å²) >= 11 is 12.6.